The molecule has 5 heteroatoms. The van der Waals surface area contributed by atoms with Crippen molar-refractivity contribution in [3.05, 3.63) is 40.5 Å². The summed E-state index contributed by atoms with van der Waals surface area (Å²) in [6.45, 7) is 0.530. The van der Waals surface area contributed by atoms with E-state index in [0.29, 0.717) is 16.6 Å². The molecule has 2 aromatic rings. The predicted octanol–water partition coefficient (Wildman–Crippen LogP) is 2.85. The average Bonchev–Trinajstić information content (AvgIpc) is 2.71. The maximum atomic E-state index is 8.79. The third-order valence-electron chi connectivity index (χ3n) is 2.17. The quantitative estimate of drug-likeness (QED) is 0.918. The van der Waals surface area contributed by atoms with Crippen molar-refractivity contribution in [3.63, 3.8) is 0 Å². The first kappa shape index (κ1) is 11.5. The molecule has 1 aromatic carbocycles. The third-order valence-corrected chi connectivity index (χ3v) is 2.74. The molecule has 0 aliphatic rings. The highest BCUT2D eigenvalue weighted by Gasteiger charge is 2.07. The number of aromatic nitrogens is 2. The average molecular weight is 257 g/mol. The highest BCUT2D eigenvalue weighted by atomic mass is 35.5. The zero-order valence-electron chi connectivity index (χ0n) is 8.40. The van der Waals surface area contributed by atoms with Crippen molar-refractivity contribution in [2.24, 2.45) is 0 Å². The van der Waals surface area contributed by atoms with Gasteiger partial charge in [-0.15, -0.1) is 0 Å². The van der Waals surface area contributed by atoms with E-state index in [1.807, 2.05) is 6.07 Å². The van der Waals surface area contributed by atoms with Gasteiger partial charge in [-0.2, -0.15) is 5.10 Å². The summed E-state index contributed by atoms with van der Waals surface area (Å²) in [5.41, 5.74) is 1.55. The van der Waals surface area contributed by atoms with Gasteiger partial charge in [-0.05, 0) is 24.3 Å². The molecule has 0 atom stereocenters. The Balaban J connectivity index is 2.38. The minimum atomic E-state index is 0.0599. The first-order chi connectivity index (χ1) is 7.70. The topological polar surface area (TPSA) is 38.0 Å². The van der Waals surface area contributed by atoms with Gasteiger partial charge in [0.15, 0.2) is 0 Å². The summed E-state index contributed by atoms with van der Waals surface area (Å²) >= 11 is 12.0. The van der Waals surface area contributed by atoms with E-state index in [1.165, 1.54) is 0 Å². The van der Waals surface area contributed by atoms with Crippen LogP contribution in [0.15, 0.2) is 30.5 Å². The van der Waals surface area contributed by atoms with Crippen molar-refractivity contribution in [1.82, 2.24) is 9.78 Å². The van der Waals surface area contributed by atoms with Gasteiger partial charge in [-0.3, -0.25) is 4.68 Å². The molecule has 1 aromatic heterocycles. The number of rotatable bonds is 3. The molecular weight excluding hydrogens is 247 g/mol. The monoisotopic (exact) mass is 256 g/mol. The van der Waals surface area contributed by atoms with Gasteiger partial charge < -0.3 is 5.11 Å². The molecule has 0 aliphatic carbocycles. The lowest BCUT2D eigenvalue weighted by atomic mass is 10.1. The molecule has 0 radical (unpaired) electrons. The normalized spacial score (nSPS) is 10.7. The van der Waals surface area contributed by atoms with Gasteiger partial charge in [0.1, 0.15) is 0 Å². The standard InChI is InChI=1S/C11H10Cl2N2O/c12-8-1-2-10(13)9(7-8)11-3-4-15(14-11)5-6-16/h1-4,7,16H,5-6H2. The van der Waals surface area contributed by atoms with Crippen molar-refractivity contribution in [2.45, 2.75) is 6.54 Å². The molecule has 0 spiro atoms. The number of halogens is 2. The molecule has 0 bridgehead atoms. The van der Waals surface area contributed by atoms with Crippen LogP contribution in [0, 0.1) is 0 Å². The molecule has 0 amide bonds. The van der Waals surface area contributed by atoms with Crippen LogP contribution in [0.3, 0.4) is 0 Å². The molecule has 0 fully saturated rings. The van der Waals surface area contributed by atoms with Crippen molar-refractivity contribution in [3.8, 4) is 11.3 Å². The molecule has 0 saturated carbocycles. The van der Waals surface area contributed by atoms with E-state index in [9.17, 15) is 0 Å². The number of aliphatic hydroxyl groups excluding tert-OH is 1. The molecule has 84 valence electrons. The first-order valence-corrected chi connectivity index (χ1v) is 5.56. The lowest BCUT2D eigenvalue weighted by Gasteiger charge is -2.01. The Bertz CT molecular complexity index is 496. The smallest absolute Gasteiger partial charge is 0.0938 e. The van der Waals surface area contributed by atoms with Gasteiger partial charge in [-0.25, -0.2) is 0 Å². The molecule has 1 N–H and O–H groups in total. The van der Waals surface area contributed by atoms with E-state index in [1.54, 1.807) is 29.1 Å². The second-order valence-electron chi connectivity index (χ2n) is 3.31. The second kappa shape index (κ2) is 4.87. The van der Waals surface area contributed by atoms with Crippen molar-refractivity contribution in [2.75, 3.05) is 6.61 Å². The predicted molar refractivity (Wildman–Crippen MR) is 64.8 cm³/mol. The van der Waals surface area contributed by atoms with Crippen LogP contribution in [0.25, 0.3) is 11.3 Å². The SMILES string of the molecule is OCCn1ccc(-c2cc(Cl)ccc2Cl)n1. The Labute approximate surface area is 103 Å². The van der Waals surface area contributed by atoms with Crippen LogP contribution >= 0.6 is 23.2 Å². The highest BCUT2D eigenvalue weighted by Crippen LogP contribution is 2.29. The van der Waals surface area contributed by atoms with Crippen LogP contribution in [-0.4, -0.2) is 21.5 Å². The van der Waals surface area contributed by atoms with Crippen molar-refractivity contribution < 1.29 is 5.11 Å². The molecule has 3 nitrogen and oxygen atoms in total. The Morgan fingerprint density at radius 3 is 2.81 bits per heavy atom. The Morgan fingerprint density at radius 1 is 1.25 bits per heavy atom. The van der Waals surface area contributed by atoms with Gasteiger partial charge in [0.25, 0.3) is 0 Å². The van der Waals surface area contributed by atoms with Gasteiger partial charge in [-0.1, -0.05) is 23.2 Å². The van der Waals surface area contributed by atoms with E-state index in [-0.39, 0.29) is 6.61 Å². The Hall–Kier alpha value is -1.03. The summed E-state index contributed by atoms with van der Waals surface area (Å²) in [4.78, 5) is 0. The van der Waals surface area contributed by atoms with Crippen LogP contribution < -0.4 is 0 Å². The van der Waals surface area contributed by atoms with E-state index < -0.39 is 0 Å². The van der Waals surface area contributed by atoms with Crippen LogP contribution in [0.1, 0.15) is 0 Å². The van der Waals surface area contributed by atoms with Gasteiger partial charge in [0, 0.05) is 16.8 Å². The summed E-state index contributed by atoms with van der Waals surface area (Å²) in [5, 5.41) is 14.3. The van der Waals surface area contributed by atoms with Crippen LogP contribution in [0.5, 0.6) is 0 Å². The minimum absolute atomic E-state index is 0.0599. The molecular formula is C11H10Cl2N2O. The molecule has 2 rings (SSSR count). The van der Waals surface area contributed by atoms with Crippen LogP contribution in [0.4, 0.5) is 0 Å². The van der Waals surface area contributed by atoms with Crippen LogP contribution in [0.2, 0.25) is 10.0 Å². The van der Waals surface area contributed by atoms with E-state index in [0.717, 1.165) is 11.3 Å². The molecule has 1 heterocycles. The summed E-state index contributed by atoms with van der Waals surface area (Å²) < 4.78 is 1.66. The third kappa shape index (κ3) is 2.38. The van der Waals surface area contributed by atoms with Crippen molar-refractivity contribution >= 4 is 23.2 Å². The number of aliphatic hydroxyl groups is 1. The number of benzene rings is 1. The Morgan fingerprint density at radius 2 is 2.06 bits per heavy atom. The number of hydrogen-bond acceptors (Lipinski definition) is 2. The highest BCUT2D eigenvalue weighted by molar-refractivity contribution is 6.35. The van der Waals surface area contributed by atoms with E-state index in [2.05, 4.69) is 5.10 Å². The molecule has 16 heavy (non-hydrogen) atoms. The summed E-state index contributed by atoms with van der Waals surface area (Å²) in [6.07, 6.45) is 1.79. The largest absolute Gasteiger partial charge is 0.394 e. The molecule has 0 unspecified atom stereocenters. The second-order valence-corrected chi connectivity index (χ2v) is 4.16. The minimum Gasteiger partial charge on any atom is -0.394 e. The lowest BCUT2D eigenvalue weighted by molar-refractivity contribution is 0.269. The maximum Gasteiger partial charge on any atom is 0.0938 e. The fourth-order valence-corrected chi connectivity index (χ4v) is 1.81. The van der Waals surface area contributed by atoms with Gasteiger partial charge in [0.2, 0.25) is 0 Å². The van der Waals surface area contributed by atoms with E-state index >= 15 is 0 Å². The first-order valence-electron chi connectivity index (χ1n) is 4.80. The summed E-state index contributed by atoms with van der Waals surface area (Å²) in [5.74, 6) is 0. The van der Waals surface area contributed by atoms with Crippen molar-refractivity contribution in [1.29, 1.82) is 0 Å². The summed E-state index contributed by atoms with van der Waals surface area (Å²) in [7, 11) is 0. The number of nitrogens with zero attached hydrogens (tertiary/aromatic N) is 2. The lowest BCUT2D eigenvalue weighted by Crippen LogP contribution is -2.02. The number of hydrogen-bond donors (Lipinski definition) is 1. The van der Waals surface area contributed by atoms with Gasteiger partial charge >= 0.3 is 0 Å². The Kier molecular flexibility index (Phi) is 3.49. The zero-order chi connectivity index (χ0) is 11.5. The fourth-order valence-electron chi connectivity index (χ4n) is 1.43. The molecule has 0 saturated heterocycles. The van der Waals surface area contributed by atoms with Crippen LogP contribution in [-0.2, 0) is 6.54 Å². The zero-order valence-corrected chi connectivity index (χ0v) is 9.91. The summed E-state index contributed by atoms with van der Waals surface area (Å²) in [6, 6.07) is 7.09. The fraction of sp³-hybridized carbons (Fsp3) is 0.182. The maximum absolute atomic E-state index is 8.79. The van der Waals surface area contributed by atoms with E-state index in [4.69, 9.17) is 28.3 Å². The molecule has 0 aliphatic heterocycles. The van der Waals surface area contributed by atoms with Gasteiger partial charge in [0.05, 0.1) is 23.9 Å².